The van der Waals surface area contributed by atoms with Crippen LogP contribution in [0, 0.1) is 0 Å². The van der Waals surface area contributed by atoms with Gasteiger partial charge in [0.2, 0.25) is 5.91 Å². The van der Waals surface area contributed by atoms with Crippen LogP contribution < -0.4 is 10.6 Å². The van der Waals surface area contributed by atoms with Gasteiger partial charge in [-0.25, -0.2) is 4.79 Å². The van der Waals surface area contributed by atoms with Gasteiger partial charge in [-0.1, -0.05) is 69.6 Å². The van der Waals surface area contributed by atoms with Crippen LogP contribution in [-0.2, 0) is 10.2 Å². The lowest BCUT2D eigenvalue weighted by molar-refractivity contribution is -0.119. The fraction of sp³-hybridized carbons (Fsp3) is 0.545. The summed E-state index contributed by atoms with van der Waals surface area (Å²) in [7, 11) is 1.48. The Balaban J connectivity index is 1.89. The van der Waals surface area contributed by atoms with Gasteiger partial charge in [-0.2, -0.15) is 0 Å². The highest BCUT2D eigenvalue weighted by molar-refractivity contribution is 8.00. The smallest absolute Gasteiger partial charge is 0.321 e. The van der Waals surface area contributed by atoms with E-state index in [2.05, 4.69) is 70.4 Å². The van der Waals surface area contributed by atoms with Crippen molar-refractivity contribution >= 4 is 23.7 Å². The van der Waals surface area contributed by atoms with Gasteiger partial charge >= 0.3 is 6.03 Å². The van der Waals surface area contributed by atoms with Crippen molar-refractivity contribution in [1.29, 1.82) is 0 Å². The molecule has 1 aromatic carbocycles. The van der Waals surface area contributed by atoms with E-state index < -0.39 is 11.3 Å². The number of nitrogens with one attached hydrogen (secondary N) is 2. The molecule has 7 nitrogen and oxygen atoms in total. The van der Waals surface area contributed by atoms with Crippen LogP contribution in [0.15, 0.2) is 29.4 Å². The number of amides is 3. The van der Waals surface area contributed by atoms with Crippen LogP contribution >= 0.6 is 11.8 Å². The van der Waals surface area contributed by atoms with Crippen molar-refractivity contribution < 1.29 is 9.59 Å². The lowest BCUT2D eigenvalue weighted by Crippen LogP contribution is -2.41. The van der Waals surface area contributed by atoms with Crippen LogP contribution in [0.1, 0.15) is 65.0 Å². The highest BCUT2D eigenvalue weighted by atomic mass is 32.2. The fourth-order valence-corrected chi connectivity index (χ4v) is 4.57. The van der Waals surface area contributed by atoms with Crippen LogP contribution in [0.3, 0.4) is 0 Å². The molecule has 0 spiro atoms. The van der Waals surface area contributed by atoms with Crippen LogP contribution in [0.5, 0.6) is 0 Å². The van der Waals surface area contributed by atoms with Crippen LogP contribution in [0.4, 0.5) is 4.79 Å². The molecule has 0 saturated heterocycles. The molecule has 0 radical (unpaired) electrons. The number of hydrogen-bond donors (Lipinski definition) is 2. The average molecular weight is 430 g/mol. The number of urea groups is 1. The SMILES string of the molecule is CNC(=O)NC(=O)C(C)Sc1nnc(-c2ccc(C(C)(C)C)cc2)n1C1CCCC1. The number of aromatic nitrogens is 3. The van der Waals surface area contributed by atoms with Gasteiger partial charge in [-0.05, 0) is 30.7 Å². The molecular weight excluding hydrogens is 398 g/mol. The molecule has 1 unspecified atom stereocenters. The molecule has 1 heterocycles. The van der Waals surface area contributed by atoms with Gasteiger partial charge in [0.25, 0.3) is 0 Å². The maximum atomic E-state index is 12.3. The van der Waals surface area contributed by atoms with E-state index >= 15 is 0 Å². The van der Waals surface area contributed by atoms with Crippen molar-refractivity contribution in [2.24, 2.45) is 0 Å². The highest BCUT2D eigenvalue weighted by Gasteiger charge is 2.27. The van der Waals surface area contributed by atoms with Gasteiger partial charge in [0, 0.05) is 18.7 Å². The lowest BCUT2D eigenvalue weighted by Gasteiger charge is -2.20. The zero-order chi connectivity index (χ0) is 21.9. The summed E-state index contributed by atoms with van der Waals surface area (Å²) in [5, 5.41) is 13.9. The summed E-state index contributed by atoms with van der Waals surface area (Å²) < 4.78 is 2.19. The van der Waals surface area contributed by atoms with Crippen molar-refractivity contribution in [2.45, 2.75) is 75.2 Å². The first kappa shape index (κ1) is 22.3. The molecule has 1 aliphatic rings. The number of rotatable bonds is 5. The van der Waals surface area contributed by atoms with Crippen molar-refractivity contribution in [3.05, 3.63) is 29.8 Å². The van der Waals surface area contributed by atoms with E-state index in [1.807, 2.05) is 0 Å². The lowest BCUT2D eigenvalue weighted by atomic mass is 9.86. The third-order valence-electron chi connectivity index (χ3n) is 5.48. The summed E-state index contributed by atoms with van der Waals surface area (Å²) in [6, 6.07) is 8.32. The monoisotopic (exact) mass is 429 g/mol. The Morgan fingerprint density at radius 2 is 1.77 bits per heavy atom. The molecule has 162 valence electrons. The fourth-order valence-electron chi connectivity index (χ4n) is 3.65. The number of hydrogen-bond acceptors (Lipinski definition) is 5. The van der Waals surface area contributed by atoms with Crippen molar-refractivity contribution in [3.63, 3.8) is 0 Å². The third kappa shape index (κ3) is 5.03. The van der Waals surface area contributed by atoms with Gasteiger partial charge in [-0.15, -0.1) is 10.2 Å². The summed E-state index contributed by atoms with van der Waals surface area (Å²) in [5.41, 5.74) is 2.38. The summed E-state index contributed by atoms with van der Waals surface area (Å²) in [6.45, 7) is 8.36. The van der Waals surface area contributed by atoms with Gasteiger partial charge < -0.3 is 5.32 Å². The van der Waals surface area contributed by atoms with Gasteiger partial charge in [0.1, 0.15) is 0 Å². The van der Waals surface area contributed by atoms with Gasteiger partial charge in [0.05, 0.1) is 5.25 Å². The van der Waals surface area contributed by atoms with E-state index in [4.69, 9.17) is 0 Å². The second kappa shape index (κ2) is 9.20. The average Bonchev–Trinajstić information content (AvgIpc) is 3.36. The first-order chi connectivity index (χ1) is 14.2. The van der Waals surface area contributed by atoms with Crippen LogP contribution in [0.25, 0.3) is 11.4 Å². The number of carbonyl (C=O) groups is 2. The van der Waals surface area contributed by atoms with E-state index in [0.29, 0.717) is 6.04 Å². The molecule has 1 aliphatic carbocycles. The molecule has 0 bridgehead atoms. The molecule has 3 rings (SSSR count). The Morgan fingerprint density at radius 1 is 1.13 bits per heavy atom. The minimum atomic E-state index is -0.510. The molecule has 8 heteroatoms. The Morgan fingerprint density at radius 3 is 2.33 bits per heavy atom. The number of carbonyl (C=O) groups excluding carboxylic acids is 2. The summed E-state index contributed by atoms with van der Waals surface area (Å²) in [5.74, 6) is 0.486. The van der Waals surface area contributed by atoms with E-state index in [1.165, 1.54) is 37.2 Å². The Hall–Kier alpha value is -2.35. The molecule has 30 heavy (non-hydrogen) atoms. The minimum Gasteiger partial charge on any atom is -0.341 e. The number of benzene rings is 1. The molecule has 0 aliphatic heterocycles. The Bertz CT molecular complexity index is 895. The maximum Gasteiger partial charge on any atom is 0.321 e. The Labute approximate surface area is 182 Å². The van der Waals surface area contributed by atoms with Crippen molar-refractivity contribution in [1.82, 2.24) is 25.4 Å². The molecule has 2 aromatic rings. The molecule has 1 atom stereocenters. The molecular formula is C22H31N5O2S. The van der Waals surface area contributed by atoms with Crippen LogP contribution in [-0.4, -0.2) is 39.0 Å². The normalized spacial score (nSPS) is 15.8. The first-order valence-corrected chi connectivity index (χ1v) is 11.3. The summed E-state index contributed by atoms with van der Waals surface area (Å²) in [6.07, 6.45) is 4.53. The number of imide groups is 1. The third-order valence-corrected chi connectivity index (χ3v) is 6.54. The predicted octanol–water partition coefficient (Wildman–Crippen LogP) is 4.29. The van der Waals surface area contributed by atoms with E-state index in [1.54, 1.807) is 6.92 Å². The van der Waals surface area contributed by atoms with E-state index in [-0.39, 0.29) is 11.3 Å². The van der Waals surface area contributed by atoms with E-state index in [0.717, 1.165) is 29.4 Å². The molecule has 1 aromatic heterocycles. The summed E-state index contributed by atoms with van der Waals surface area (Å²) >= 11 is 1.34. The van der Waals surface area contributed by atoms with Gasteiger partial charge in [0.15, 0.2) is 11.0 Å². The maximum absolute atomic E-state index is 12.3. The zero-order valence-corrected chi connectivity index (χ0v) is 19.2. The topological polar surface area (TPSA) is 88.9 Å². The summed E-state index contributed by atoms with van der Waals surface area (Å²) in [4.78, 5) is 23.8. The van der Waals surface area contributed by atoms with Crippen LogP contribution in [0.2, 0.25) is 0 Å². The number of nitrogens with zero attached hydrogens (tertiary/aromatic N) is 3. The largest absolute Gasteiger partial charge is 0.341 e. The predicted molar refractivity (Wildman–Crippen MR) is 120 cm³/mol. The minimum absolute atomic E-state index is 0.0895. The standard InChI is InChI=1S/C22H31N5O2S/c1-14(19(28)24-20(29)23-5)30-21-26-25-18(27(21)17-8-6-7-9-17)15-10-12-16(13-11-15)22(2,3)4/h10-14,17H,6-9H2,1-5H3,(H2,23,24,28,29). The second-order valence-electron chi connectivity index (χ2n) is 8.77. The first-order valence-electron chi connectivity index (χ1n) is 10.5. The molecule has 2 N–H and O–H groups in total. The highest BCUT2D eigenvalue weighted by Crippen LogP contribution is 2.38. The zero-order valence-electron chi connectivity index (χ0n) is 18.4. The molecule has 3 amide bonds. The molecule has 1 saturated carbocycles. The van der Waals surface area contributed by atoms with Crippen molar-refractivity contribution in [3.8, 4) is 11.4 Å². The van der Waals surface area contributed by atoms with Gasteiger partial charge in [-0.3, -0.25) is 14.7 Å². The Kier molecular flexibility index (Phi) is 6.85. The number of thioether (sulfide) groups is 1. The van der Waals surface area contributed by atoms with Crippen molar-refractivity contribution in [2.75, 3.05) is 7.05 Å². The van der Waals surface area contributed by atoms with E-state index in [9.17, 15) is 9.59 Å². The molecule has 1 fully saturated rings. The second-order valence-corrected chi connectivity index (χ2v) is 10.1. The quantitative estimate of drug-likeness (QED) is 0.692.